The number of aromatic hydroxyl groups is 1. The number of β-amino-alcohol motifs (C(OH)–C–C–N with tert-alkyl or cyclic N) is 1. The van der Waals surface area contributed by atoms with Crippen molar-refractivity contribution in [3.05, 3.63) is 24.3 Å². The maximum Gasteiger partial charge on any atom is 0.243 e. The van der Waals surface area contributed by atoms with Crippen LogP contribution in [0.25, 0.3) is 0 Å². The lowest BCUT2D eigenvalue weighted by Gasteiger charge is -2.21. The second-order valence-corrected chi connectivity index (χ2v) is 6.75. The van der Waals surface area contributed by atoms with Crippen LogP contribution >= 0.6 is 0 Å². The molecular weight excluding hydrogens is 280 g/mol. The van der Waals surface area contributed by atoms with Gasteiger partial charge >= 0.3 is 0 Å². The van der Waals surface area contributed by atoms with Gasteiger partial charge in [0, 0.05) is 26.2 Å². The molecule has 0 aromatic heterocycles. The summed E-state index contributed by atoms with van der Waals surface area (Å²) in [5, 5.41) is 18.2. The molecule has 1 fully saturated rings. The summed E-state index contributed by atoms with van der Waals surface area (Å²) in [4.78, 5) is 2.26. The molecule has 1 aromatic carbocycles. The molecular formula is C13H20N2O4S. The Labute approximate surface area is 119 Å². The van der Waals surface area contributed by atoms with Crippen molar-refractivity contribution in [1.82, 2.24) is 9.21 Å². The molecule has 0 bridgehead atoms. The standard InChI is InChI=1S/C13H20N2O4S/c16-11-10-14-6-1-7-15(9-8-14)20(18,19)13-4-2-12(17)3-5-13/h2-5,16-17H,1,6-11H2. The van der Waals surface area contributed by atoms with E-state index in [0.717, 1.165) is 13.0 Å². The first kappa shape index (κ1) is 15.2. The molecule has 0 unspecified atom stereocenters. The number of phenolic OH excluding ortho intramolecular Hbond substituents is 1. The average molecular weight is 300 g/mol. The molecule has 0 atom stereocenters. The van der Waals surface area contributed by atoms with Gasteiger partial charge in [0.1, 0.15) is 5.75 Å². The van der Waals surface area contributed by atoms with Crippen molar-refractivity contribution in [2.45, 2.75) is 11.3 Å². The van der Waals surface area contributed by atoms with Crippen molar-refractivity contribution >= 4 is 10.0 Å². The van der Waals surface area contributed by atoms with Gasteiger partial charge in [-0.3, -0.25) is 4.90 Å². The highest BCUT2D eigenvalue weighted by Crippen LogP contribution is 2.20. The lowest BCUT2D eigenvalue weighted by atomic mass is 10.3. The molecule has 7 heteroatoms. The molecule has 0 spiro atoms. The Bertz CT molecular complexity index is 530. The molecule has 0 radical (unpaired) electrons. The molecule has 112 valence electrons. The van der Waals surface area contributed by atoms with Crippen molar-refractivity contribution in [1.29, 1.82) is 0 Å². The van der Waals surface area contributed by atoms with Crippen molar-refractivity contribution < 1.29 is 18.6 Å². The van der Waals surface area contributed by atoms with Crippen LogP contribution in [0.4, 0.5) is 0 Å². The Morgan fingerprint density at radius 2 is 1.75 bits per heavy atom. The highest BCUT2D eigenvalue weighted by molar-refractivity contribution is 7.89. The summed E-state index contributed by atoms with van der Waals surface area (Å²) < 4.78 is 26.5. The maximum absolute atomic E-state index is 12.5. The van der Waals surface area contributed by atoms with Gasteiger partial charge in [0.05, 0.1) is 11.5 Å². The number of nitrogens with zero attached hydrogens (tertiary/aromatic N) is 2. The molecule has 2 rings (SSSR count). The van der Waals surface area contributed by atoms with Gasteiger partial charge in [0.25, 0.3) is 0 Å². The largest absolute Gasteiger partial charge is 0.508 e. The van der Waals surface area contributed by atoms with E-state index in [4.69, 9.17) is 5.11 Å². The predicted octanol–water partition coefficient (Wildman–Crippen LogP) is 0.0809. The molecule has 1 aliphatic rings. The van der Waals surface area contributed by atoms with Crippen LogP contribution in [0.3, 0.4) is 0 Å². The number of rotatable bonds is 4. The lowest BCUT2D eigenvalue weighted by Crippen LogP contribution is -2.35. The first-order valence-corrected chi connectivity index (χ1v) is 8.10. The van der Waals surface area contributed by atoms with Crippen molar-refractivity contribution in [3.8, 4) is 5.75 Å². The molecule has 0 saturated carbocycles. The maximum atomic E-state index is 12.5. The van der Waals surface area contributed by atoms with E-state index in [9.17, 15) is 13.5 Å². The van der Waals surface area contributed by atoms with E-state index < -0.39 is 10.0 Å². The van der Waals surface area contributed by atoms with Gasteiger partial charge in [-0.1, -0.05) is 0 Å². The highest BCUT2D eigenvalue weighted by Gasteiger charge is 2.26. The van der Waals surface area contributed by atoms with Crippen LogP contribution in [0.2, 0.25) is 0 Å². The fourth-order valence-corrected chi connectivity index (χ4v) is 3.79. The summed E-state index contributed by atoms with van der Waals surface area (Å²) in [7, 11) is -3.51. The Morgan fingerprint density at radius 1 is 1.05 bits per heavy atom. The van der Waals surface area contributed by atoms with E-state index in [1.54, 1.807) is 0 Å². The molecule has 1 aromatic rings. The summed E-state index contributed by atoms with van der Waals surface area (Å²) in [6.07, 6.45) is 0.747. The summed E-state index contributed by atoms with van der Waals surface area (Å²) in [6.45, 7) is 2.98. The molecule has 0 amide bonds. The number of benzene rings is 1. The molecule has 6 nitrogen and oxygen atoms in total. The average Bonchev–Trinajstić information content (AvgIpc) is 2.66. The number of aliphatic hydroxyl groups excluding tert-OH is 1. The zero-order valence-electron chi connectivity index (χ0n) is 11.3. The van der Waals surface area contributed by atoms with Gasteiger partial charge in [-0.25, -0.2) is 8.42 Å². The van der Waals surface area contributed by atoms with Gasteiger partial charge in [-0.15, -0.1) is 0 Å². The Balaban J connectivity index is 2.11. The molecule has 0 aliphatic carbocycles. The number of sulfonamides is 1. The molecule has 1 saturated heterocycles. The van der Waals surface area contributed by atoms with E-state index in [1.807, 2.05) is 0 Å². The quantitative estimate of drug-likeness (QED) is 0.823. The minimum Gasteiger partial charge on any atom is -0.508 e. The van der Waals surface area contributed by atoms with Crippen LogP contribution in [-0.4, -0.2) is 67.2 Å². The van der Waals surface area contributed by atoms with E-state index in [0.29, 0.717) is 26.2 Å². The Kier molecular flexibility index (Phi) is 4.98. The minimum absolute atomic E-state index is 0.0499. The molecule has 20 heavy (non-hydrogen) atoms. The van der Waals surface area contributed by atoms with Gasteiger partial charge in [-0.05, 0) is 37.2 Å². The van der Waals surface area contributed by atoms with Crippen LogP contribution in [0, 0.1) is 0 Å². The summed E-state index contributed by atoms with van der Waals surface area (Å²) >= 11 is 0. The zero-order chi connectivity index (χ0) is 14.6. The monoisotopic (exact) mass is 300 g/mol. The summed E-state index contributed by atoms with van der Waals surface area (Å²) in [6, 6.07) is 5.59. The van der Waals surface area contributed by atoms with Crippen LogP contribution in [0.15, 0.2) is 29.2 Å². The fraction of sp³-hybridized carbons (Fsp3) is 0.538. The first-order valence-electron chi connectivity index (χ1n) is 6.66. The van der Waals surface area contributed by atoms with Crippen molar-refractivity contribution in [3.63, 3.8) is 0 Å². The van der Waals surface area contributed by atoms with Crippen LogP contribution in [-0.2, 0) is 10.0 Å². The van der Waals surface area contributed by atoms with E-state index >= 15 is 0 Å². The zero-order valence-corrected chi connectivity index (χ0v) is 12.1. The Morgan fingerprint density at radius 3 is 2.40 bits per heavy atom. The van der Waals surface area contributed by atoms with Crippen LogP contribution in [0.1, 0.15) is 6.42 Å². The smallest absolute Gasteiger partial charge is 0.243 e. The Hall–Kier alpha value is -1.15. The second kappa shape index (κ2) is 6.53. The molecule has 2 N–H and O–H groups in total. The SMILES string of the molecule is O=S(=O)(c1ccc(O)cc1)N1CCCN(CCO)CC1. The fourth-order valence-electron chi connectivity index (χ4n) is 2.32. The van der Waals surface area contributed by atoms with Gasteiger partial charge in [-0.2, -0.15) is 4.31 Å². The van der Waals surface area contributed by atoms with Crippen LogP contribution < -0.4 is 0 Å². The van der Waals surface area contributed by atoms with Crippen LogP contribution in [0.5, 0.6) is 5.75 Å². The predicted molar refractivity (Wildman–Crippen MR) is 75.0 cm³/mol. The third-order valence-electron chi connectivity index (χ3n) is 3.44. The van der Waals surface area contributed by atoms with Gasteiger partial charge in [0.2, 0.25) is 10.0 Å². The highest BCUT2D eigenvalue weighted by atomic mass is 32.2. The number of hydrogen-bond acceptors (Lipinski definition) is 5. The minimum atomic E-state index is -3.51. The topological polar surface area (TPSA) is 81.1 Å². The lowest BCUT2D eigenvalue weighted by molar-refractivity contribution is 0.202. The van der Waals surface area contributed by atoms with E-state index in [2.05, 4.69) is 4.90 Å². The molecule has 1 heterocycles. The number of aliphatic hydroxyl groups is 1. The third-order valence-corrected chi connectivity index (χ3v) is 5.35. The number of phenols is 1. The van der Waals surface area contributed by atoms with Crippen molar-refractivity contribution in [2.24, 2.45) is 0 Å². The summed E-state index contributed by atoms with van der Waals surface area (Å²) in [5.41, 5.74) is 0. The van der Waals surface area contributed by atoms with Gasteiger partial charge < -0.3 is 10.2 Å². The number of hydrogen-bond donors (Lipinski definition) is 2. The normalized spacial score (nSPS) is 18.9. The van der Waals surface area contributed by atoms with Gasteiger partial charge in [0.15, 0.2) is 0 Å². The van der Waals surface area contributed by atoms with Crippen molar-refractivity contribution in [2.75, 3.05) is 39.3 Å². The summed E-state index contributed by atoms with van der Waals surface area (Å²) in [5.74, 6) is 0.0499. The first-order chi connectivity index (χ1) is 9.54. The molecule has 1 aliphatic heterocycles. The second-order valence-electron chi connectivity index (χ2n) is 4.82. The third kappa shape index (κ3) is 3.49. The van der Waals surface area contributed by atoms with E-state index in [1.165, 1.54) is 28.6 Å². The van der Waals surface area contributed by atoms with E-state index in [-0.39, 0.29) is 17.3 Å².